The Labute approximate surface area is 126 Å². The van der Waals surface area contributed by atoms with Gasteiger partial charge in [-0.15, -0.1) is 0 Å². The Kier molecular flexibility index (Phi) is 2.72. The van der Waals surface area contributed by atoms with E-state index in [-0.39, 0.29) is 11.8 Å². The molecule has 3 aliphatic heterocycles. The molecule has 1 N–H and O–H groups in total. The predicted molar refractivity (Wildman–Crippen MR) is 74.5 cm³/mol. The van der Waals surface area contributed by atoms with Crippen LogP contribution in [0.4, 0.5) is 0 Å². The summed E-state index contributed by atoms with van der Waals surface area (Å²) in [6.07, 6.45) is 1.73. The number of esters is 1. The fourth-order valence-corrected chi connectivity index (χ4v) is 2.85. The molecule has 1 aromatic rings. The third-order valence-electron chi connectivity index (χ3n) is 3.94. The van der Waals surface area contributed by atoms with Gasteiger partial charge in [-0.3, -0.25) is 4.79 Å². The average molecular weight is 299 g/mol. The quantitative estimate of drug-likeness (QED) is 0.507. The highest BCUT2D eigenvalue weighted by atomic mass is 16.7. The fraction of sp³-hybridized carbons (Fsp3) is 0.250. The lowest BCUT2D eigenvalue weighted by Crippen LogP contribution is -2.30. The van der Waals surface area contributed by atoms with Crippen LogP contribution in [0.3, 0.4) is 0 Å². The number of amides is 1. The highest BCUT2D eigenvalue weighted by molar-refractivity contribution is 5.98. The molecule has 3 heterocycles. The number of ether oxygens (including phenoxy) is 3. The highest BCUT2D eigenvalue weighted by Crippen LogP contribution is 2.44. The number of carbonyl (C=O) groups is 2. The van der Waals surface area contributed by atoms with E-state index in [0.29, 0.717) is 11.1 Å². The maximum absolute atomic E-state index is 12.1. The van der Waals surface area contributed by atoms with Gasteiger partial charge in [0.1, 0.15) is 5.75 Å². The van der Waals surface area contributed by atoms with Crippen LogP contribution in [0.15, 0.2) is 47.7 Å². The summed E-state index contributed by atoms with van der Waals surface area (Å²) in [5, 5.41) is 2.77. The van der Waals surface area contributed by atoms with Gasteiger partial charge in [-0.05, 0) is 13.0 Å². The third-order valence-corrected chi connectivity index (χ3v) is 3.94. The van der Waals surface area contributed by atoms with E-state index in [1.165, 1.54) is 6.26 Å². The minimum atomic E-state index is -0.788. The van der Waals surface area contributed by atoms with Crippen molar-refractivity contribution in [3.05, 3.63) is 53.3 Å². The Hall–Kier alpha value is -2.76. The first-order valence-corrected chi connectivity index (χ1v) is 6.95. The van der Waals surface area contributed by atoms with Crippen LogP contribution in [0, 0.1) is 0 Å². The standard InChI is InChI=1S/C16H13NO5/c1-8-6-12(22-16(8)19)20-7-10-13-9-4-2-3-5-11(9)21-15(13)17-14(10)18/h2-7,12-13,15H,1H3,(H,17,18)/b10-7+. The number of rotatable bonds is 2. The van der Waals surface area contributed by atoms with Crippen molar-refractivity contribution in [1.82, 2.24) is 5.32 Å². The lowest BCUT2D eigenvalue weighted by atomic mass is 9.94. The summed E-state index contributed by atoms with van der Waals surface area (Å²) in [4.78, 5) is 23.4. The molecule has 1 amide bonds. The van der Waals surface area contributed by atoms with Gasteiger partial charge in [0.25, 0.3) is 12.2 Å². The molecule has 6 heteroatoms. The first-order chi connectivity index (χ1) is 10.6. The van der Waals surface area contributed by atoms with Crippen LogP contribution < -0.4 is 10.1 Å². The van der Waals surface area contributed by atoms with Crippen molar-refractivity contribution < 1.29 is 23.8 Å². The van der Waals surface area contributed by atoms with Gasteiger partial charge in [0.05, 0.1) is 17.8 Å². The first kappa shape index (κ1) is 12.9. The van der Waals surface area contributed by atoms with E-state index in [1.54, 1.807) is 13.0 Å². The molecule has 0 saturated carbocycles. The van der Waals surface area contributed by atoms with Crippen molar-refractivity contribution in [3.63, 3.8) is 0 Å². The largest absolute Gasteiger partial charge is 0.469 e. The summed E-state index contributed by atoms with van der Waals surface area (Å²) >= 11 is 0. The van der Waals surface area contributed by atoms with Crippen molar-refractivity contribution in [2.24, 2.45) is 0 Å². The SMILES string of the molecule is CC1=CC(O/C=C2/C(=O)NC3Oc4ccccc4C23)OC1=O. The summed E-state index contributed by atoms with van der Waals surface area (Å²) in [5.74, 6) is -0.112. The van der Waals surface area contributed by atoms with Crippen LogP contribution in [-0.4, -0.2) is 24.4 Å². The summed E-state index contributed by atoms with van der Waals surface area (Å²) in [5.41, 5.74) is 1.89. The molecule has 1 aromatic carbocycles. The Balaban J connectivity index is 1.60. The lowest BCUT2D eigenvalue weighted by Gasteiger charge is -2.10. The number of benzene rings is 1. The van der Waals surface area contributed by atoms with Crippen molar-refractivity contribution in [2.45, 2.75) is 25.4 Å². The topological polar surface area (TPSA) is 73.9 Å². The Bertz CT molecular complexity index is 736. The van der Waals surface area contributed by atoms with Crippen LogP contribution in [0.1, 0.15) is 18.4 Å². The molecule has 112 valence electrons. The maximum Gasteiger partial charge on any atom is 0.336 e. The molecular formula is C16H13NO5. The molecule has 0 aromatic heterocycles. The number of hydrogen-bond acceptors (Lipinski definition) is 5. The zero-order valence-electron chi connectivity index (χ0n) is 11.7. The second-order valence-electron chi connectivity index (χ2n) is 5.36. The zero-order valence-corrected chi connectivity index (χ0v) is 11.7. The van der Waals surface area contributed by atoms with Gasteiger partial charge < -0.3 is 19.5 Å². The van der Waals surface area contributed by atoms with E-state index in [2.05, 4.69) is 5.32 Å². The Morgan fingerprint density at radius 1 is 1.23 bits per heavy atom. The Morgan fingerprint density at radius 2 is 2.05 bits per heavy atom. The molecule has 0 aliphatic carbocycles. The number of nitrogens with one attached hydrogen (secondary N) is 1. The summed E-state index contributed by atoms with van der Waals surface area (Å²) in [6.45, 7) is 1.65. The van der Waals surface area contributed by atoms with Crippen LogP contribution in [-0.2, 0) is 19.1 Å². The Morgan fingerprint density at radius 3 is 2.82 bits per heavy atom. The van der Waals surface area contributed by atoms with Gasteiger partial charge in [0.2, 0.25) is 0 Å². The van der Waals surface area contributed by atoms with Gasteiger partial charge in [0, 0.05) is 17.2 Å². The van der Waals surface area contributed by atoms with Crippen LogP contribution >= 0.6 is 0 Å². The van der Waals surface area contributed by atoms with E-state index in [4.69, 9.17) is 14.2 Å². The zero-order chi connectivity index (χ0) is 15.3. The number of para-hydroxylation sites is 1. The van der Waals surface area contributed by atoms with Crippen molar-refractivity contribution in [1.29, 1.82) is 0 Å². The molecule has 3 unspecified atom stereocenters. The number of hydrogen-bond donors (Lipinski definition) is 1. The second-order valence-corrected chi connectivity index (χ2v) is 5.36. The minimum Gasteiger partial charge on any atom is -0.469 e. The molecule has 0 radical (unpaired) electrons. The minimum absolute atomic E-state index is 0.217. The van der Waals surface area contributed by atoms with Crippen LogP contribution in [0.2, 0.25) is 0 Å². The molecule has 1 saturated heterocycles. The molecule has 6 nitrogen and oxygen atoms in total. The number of cyclic esters (lactones) is 1. The van der Waals surface area contributed by atoms with Crippen molar-refractivity contribution in [3.8, 4) is 5.75 Å². The van der Waals surface area contributed by atoms with Gasteiger partial charge in [-0.2, -0.15) is 0 Å². The van der Waals surface area contributed by atoms with Gasteiger partial charge in [0.15, 0.2) is 6.23 Å². The molecule has 4 rings (SSSR count). The maximum atomic E-state index is 12.1. The summed E-state index contributed by atoms with van der Waals surface area (Å²) in [6, 6.07) is 7.57. The molecule has 0 bridgehead atoms. The highest BCUT2D eigenvalue weighted by Gasteiger charge is 2.46. The summed E-state index contributed by atoms with van der Waals surface area (Å²) in [7, 11) is 0. The molecular weight excluding hydrogens is 286 g/mol. The molecule has 0 spiro atoms. The fourth-order valence-electron chi connectivity index (χ4n) is 2.85. The number of carbonyl (C=O) groups excluding carboxylic acids is 2. The average Bonchev–Trinajstić information content (AvgIpc) is 3.09. The monoisotopic (exact) mass is 299 g/mol. The predicted octanol–water partition coefficient (Wildman–Crippen LogP) is 1.35. The molecule has 3 atom stereocenters. The molecule has 3 aliphatic rings. The molecule has 22 heavy (non-hydrogen) atoms. The van der Waals surface area contributed by atoms with Gasteiger partial charge >= 0.3 is 5.97 Å². The lowest BCUT2D eigenvalue weighted by molar-refractivity contribution is -0.152. The van der Waals surface area contributed by atoms with E-state index in [0.717, 1.165) is 11.3 Å². The second kappa shape index (κ2) is 4.62. The first-order valence-electron chi connectivity index (χ1n) is 6.95. The van der Waals surface area contributed by atoms with Gasteiger partial charge in [-0.25, -0.2) is 4.79 Å². The normalized spacial score (nSPS) is 30.3. The van der Waals surface area contributed by atoms with E-state index >= 15 is 0 Å². The van der Waals surface area contributed by atoms with Crippen molar-refractivity contribution >= 4 is 11.9 Å². The van der Waals surface area contributed by atoms with Crippen LogP contribution in [0.25, 0.3) is 0 Å². The van der Waals surface area contributed by atoms with Crippen LogP contribution in [0.5, 0.6) is 5.75 Å². The van der Waals surface area contributed by atoms with E-state index < -0.39 is 18.5 Å². The molecule has 1 fully saturated rings. The van der Waals surface area contributed by atoms with E-state index in [9.17, 15) is 9.59 Å². The smallest absolute Gasteiger partial charge is 0.336 e. The van der Waals surface area contributed by atoms with Gasteiger partial charge in [-0.1, -0.05) is 18.2 Å². The van der Waals surface area contributed by atoms with Crippen molar-refractivity contribution in [2.75, 3.05) is 0 Å². The third kappa shape index (κ3) is 1.88. The van der Waals surface area contributed by atoms with E-state index in [1.807, 2.05) is 24.3 Å². The summed E-state index contributed by atoms with van der Waals surface area (Å²) < 4.78 is 16.1. The number of fused-ring (bicyclic) bond motifs is 3.